The third kappa shape index (κ3) is 2.64. The van der Waals surface area contributed by atoms with E-state index in [4.69, 9.17) is 0 Å². The molecule has 0 aliphatic carbocycles. The van der Waals surface area contributed by atoms with Gasteiger partial charge in [0.15, 0.2) is 5.75 Å². The lowest BCUT2D eigenvalue weighted by Crippen LogP contribution is -1.92. The number of carbonyl (C=O) groups is 1. The molecular formula is C21H14N2O2. The molecule has 0 aromatic heterocycles. The van der Waals surface area contributed by atoms with Gasteiger partial charge in [-0.05, 0) is 22.9 Å². The van der Waals surface area contributed by atoms with Crippen LogP contribution in [0, 0.1) is 0 Å². The molecular weight excluding hydrogens is 312 g/mol. The Balaban J connectivity index is 1.90. The number of hydrogen-bond donors (Lipinski definition) is 1. The van der Waals surface area contributed by atoms with E-state index >= 15 is 0 Å². The summed E-state index contributed by atoms with van der Waals surface area (Å²) in [7, 11) is 0. The number of rotatable bonds is 2. The molecule has 4 heteroatoms. The predicted octanol–water partition coefficient (Wildman–Crippen LogP) is 5.62. The van der Waals surface area contributed by atoms with Crippen molar-refractivity contribution in [3.63, 3.8) is 0 Å². The van der Waals surface area contributed by atoms with Crippen LogP contribution >= 0.6 is 0 Å². The van der Waals surface area contributed by atoms with Crippen molar-refractivity contribution in [3.8, 4) is 5.75 Å². The largest absolute Gasteiger partial charge is 0.505 e. The molecule has 4 rings (SSSR count). The van der Waals surface area contributed by atoms with Gasteiger partial charge in [0.1, 0.15) is 5.69 Å². The first-order valence-electron chi connectivity index (χ1n) is 7.89. The van der Waals surface area contributed by atoms with Crippen molar-refractivity contribution in [3.05, 3.63) is 84.4 Å². The van der Waals surface area contributed by atoms with Crippen molar-refractivity contribution in [2.45, 2.75) is 0 Å². The molecule has 0 aliphatic heterocycles. The molecule has 0 bridgehead atoms. The molecule has 4 aromatic carbocycles. The average molecular weight is 326 g/mol. The smallest absolute Gasteiger partial charge is 0.295 e. The third-order valence-electron chi connectivity index (χ3n) is 4.14. The van der Waals surface area contributed by atoms with Crippen molar-refractivity contribution in [1.29, 1.82) is 0 Å². The molecule has 4 aromatic rings. The topological polar surface area (TPSA) is 62.0 Å². The van der Waals surface area contributed by atoms with Gasteiger partial charge in [0.2, 0.25) is 0 Å². The average Bonchev–Trinajstić information content (AvgIpc) is 2.68. The first kappa shape index (κ1) is 15.0. The molecule has 0 heterocycles. The summed E-state index contributed by atoms with van der Waals surface area (Å²) < 4.78 is 0. The van der Waals surface area contributed by atoms with Crippen molar-refractivity contribution in [1.82, 2.24) is 0 Å². The van der Waals surface area contributed by atoms with E-state index in [0.29, 0.717) is 16.6 Å². The van der Waals surface area contributed by atoms with Crippen molar-refractivity contribution in [2.75, 3.05) is 0 Å². The molecule has 0 saturated heterocycles. The van der Waals surface area contributed by atoms with Gasteiger partial charge < -0.3 is 5.11 Å². The van der Waals surface area contributed by atoms with E-state index in [2.05, 4.69) is 10.2 Å². The SMILES string of the molecule is O=C(N=Nc1c(O)c2ccccc2c2ccccc12)c1ccccc1. The van der Waals surface area contributed by atoms with Gasteiger partial charge in [0, 0.05) is 16.3 Å². The first-order chi connectivity index (χ1) is 12.3. The van der Waals surface area contributed by atoms with Gasteiger partial charge in [-0.25, -0.2) is 0 Å². The van der Waals surface area contributed by atoms with Crippen molar-refractivity contribution in [2.24, 2.45) is 10.2 Å². The number of phenols is 1. The molecule has 0 saturated carbocycles. The molecule has 0 radical (unpaired) electrons. The zero-order chi connectivity index (χ0) is 17.2. The number of carbonyl (C=O) groups excluding carboxylic acids is 1. The summed E-state index contributed by atoms with van der Waals surface area (Å²) in [5, 5.41) is 21.9. The number of azo groups is 1. The van der Waals surface area contributed by atoms with Crippen molar-refractivity contribution >= 4 is 33.1 Å². The number of amides is 1. The summed E-state index contributed by atoms with van der Waals surface area (Å²) in [5.74, 6) is -0.420. The third-order valence-corrected chi connectivity index (χ3v) is 4.14. The monoisotopic (exact) mass is 326 g/mol. The Hall–Kier alpha value is -3.53. The van der Waals surface area contributed by atoms with Crippen LogP contribution in [-0.4, -0.2) is 11.0 Å². The van der Waals surface area contributed by atoms with Gasteiger partial charge in [-0.3, -0.25) is 4.79 Å². The molecule has 0 aliphatic rings. The molecule has 25 heavy (non-hydrogen) atoms. The minimum atomic E-state index is -0.447. The molecule has 4 nitrogen and oxygen atoms in total. The van der Waals surface area contributed by atoms with E-state index in [1.54, 1.807) is 24.3 Å². The summed E-state index contributed by atoms with van der Waals surface area (Å²) in [5.41, 5.74) is 0.759. The van der Waals surface area contributed by atoms with Crippen LogP contribution < -0.4 is 0 Å². The summed E-state index contributed by atoms with van der Waals surface area (Å²) in [6.45, 7) is 0. The Morgan fingerprint density at radius 1 is 0.680 bits per heavy atom. The maximum absolute atomic E-state index is 12.2. The van der Waals surface area contributed by atoms with Crippen LogP contribution in [0.1, 0.15) is 10.4 Å². The fraction of sp³-hybridized carbons (Fsp3) is 0. The minimum Gasteiger partial charge on any atom is -0.505 e. The zero-order valence-electron chi connectivity index (χ0n) is 13.3. The predicted molar refractivity (Wildman–Crippen MR) is 98.4 cm³/mol. The quantitative estimate of drug-likeness (QED) is 0.384. The first-order valence-corrected chi connectivity index (χ1v) is 7.89. The van der Waals surface area contributed by atoms with Gasteiger partial charge in [-0.2, -0.15) is 0 Å². The number of nitrogens with zero attached hydrogens (tertiary/aromatic N) is 2. The van der Waals surface area contributed by atoms with Gasteiger partial charge in [0.25, 0.3) is 5.91 Å². The highest BCUT2D eigenvalue weighted by molar-refractivity contribution is 6.15. The van der Waals surface area contributed by atoms with Crippen LogP contribution in [0.25, 0.3) is 21.5 Å². The summed E-state index contributed by atoms with van der Waals surface area (Å²) >= 11 is 0. The summed E-state index contributed by atoms with van der Waals surface area (Å²) in [4.78, 5) is 12.2. The highest BCUT2D eigenvalue weighted by Crippen LogP contribution is 2.42. The molecule has 0 atom stereocenters. The molecule has 0 unspecified atom stereocenters. The zero-order valence-corrected chi connectivity index (χ0v) is 13.3. The Morgan fingerprint density at radius 3 is 1.88 bits per heavy atom. The number of fused-ring (bicyclic) bond motifs is 3. The van der Waals surface area contributed by atoms with E-state index < -0.39 is 5.91 Å². The normalized spacial score (nSPS) is 11.4. The van der Waals surface area contributed by atoms with Crippen LogP contribution in [0.4, 0.5) is 5.69 Å². The second-order valence-corrected chi connectivity index (χ2v) is 5.66. The molecule has 0 fully saturated rings. The highest BCUT2D eigenvalue weighted by atomic mass is 16.3. The van der Waals surface area contributed by atoms with E-state index in [-0.39, 0.29) is 5.75 Å². The van der Waals surface area contributed by atoms with Crippen molar-refractivity contribution < 1.29 is 9.90 Å². The Labute approximate surface area is 144 Å². The lowest BCUT2D eigenvalue weighted by Gasteiger charge is -2.09. The van der Waals surface area contributed by atoms with Crippen LogP contribution in [0.2, 0.25) is 0 Å². The van der Waals surface area contributed by atoms with E-state index in [0.717, 1.165) is 16.2 Å². The van der Waals surface area contributed by atoms with Crippen LogP contribution in [0.5, 0.6) is 5.75 Å². The minimum absolute atomic E-state index is 0.0268. The second-order valence-electron chi connectivity index (χ2n) is 5.66. The maximum atomic E-state index is 12.2. The standard InChI is InChI=1S/C21H14N2O2/c24-20-18-13-7-5-11-16(18)15-10-4-6-12-17(15)19(20)22-23-21(25)14-8-2-1-3-9-14/h1-13,24H. The number of aromatic hydroxyl groups is 1. The fourth-order valence-electron chi connectivity index (χ4n) is 2.94. The summed E-state index contributed by atoms with van der Waals surface area (Å²) in [6, 6.07) is 23.9. The van der Waals surface area contributed by atoms with Gasteiger partial charge in [-0.15, -0.1) is 10.2 Å². The fourth-order valence-corrected chi connectivity index (χ4v) is 2.94. The second kappa shape index (κ2) is 6.17. The van der Waals surface area contributed by atoms with Crippen LogP contribution in [-0.2, 0) is 0 Å². The van der Waals surface area contributed by atoms with Gasteiger partial charge in [-0.1, -0.05) is 66.7 Å². The van der Waals surface area contributed by atoms with E-state index in [9.17, 15) is 9.90 Å². The van der Waals surface area contributed by atoms with Crippen LogP contribution in [0.15, 0.2) is 89.1 Å². The number of phenolic OH excluding ortho intramolecular Hbond substituents is 1. The highest BCUT2D eigenvalue weighted by Gasteiger charge is 2.13. The molecule has 120 valence electrons. The summed E-state index contributed by atoms with van der Waals surface area (Å²) in [6.07, 6.45) is 0. The Kier molecular flexibility index (Phi) is 3.71. The number of hydrogen-bond acceptors (Lipinski definition) is 3. The van der Waals surface area contributed by atoms with E-state index in [1.165, 1.54) is 0 Å². The lowest BCUT2D eigenvalue weighted by atomic mass is 9.99. The maximum Gasteiger partial charge on any atom is 0.295 e. The molecule has 0 spiro atoms. The molecule has 1 N–H and O–H groups in total. The lowest BCUT2D eigenvalue weighted by molar-refractivity contribution is 0.0995. The van der Waals surface area contributed by atoms with Gasteiger partial charge >= 0.3 is 0 Å². The van der Waals surface area contributed by atoms with Gasteiger partial charge in [0.05, 0.1) is 0 Å². The number of benzene rings is 4. The Morgan fingerprint density at radius 2 is 1.20 bits per heavy atom. The Bertz CT molecular complexity index is 1120. The van der Waals surface area contributed by atoms with Crippen LogP contribution in [0.3, 0.4) is 0 Å². The van der Waals surface area contributed by atoms with E-state index in [1.807, 2.05) is 54.6 Å². The molecule has 1 amide bonds.